The fourth-order valence-electron chi connectivity index (χ4n) is 1.78. The number of halogens is 1. The molecule has 1 N–H and O–H groups in total. The van der Waals surface area contributed by atoms with Crippen LogP contribution >= 0.6 is 27.7 Å². The SMILES string of the molecule is CCc1cc(SCC(=O)O)n(Cc2ccccc2Br)n1. The molecule has 106 valence electrons. The predicted molar refractivity (Wildman–Crippen MR) is 83.2 cm³/mol. The van der Waals surface area contributed by atoms with Gasteiger partial charge in [0.15, 0.2) is 0 Å². The number of hydrogen-bond donors (Lipinski definition) is 1. The maximum atomic E-state index is 10.7. The zero-order chi connectivity index (χ0) is 14.5. The van der Waals surface area contributed by atoms with Crippen molar-refractivity contribution < 1.29 is 9.90 Å². The topological polar surface area (TPSA) is 55.1 Å². The molecule has 2 aromatic rings. The summed E-state index contributed by atoms with van der Waals surface area (Å²) in [6.07, 6.45) is 0.837. The predicted octanol–water partition coefficient (Wildman–Crippen LogP) is 3.43. The zero-order valence-electron chi connectivity index (χ0n) is 11.0. The average Bonchev–Trinajstić information content (AvgIpc) is 2.81. The van der Waals surface area contributed by atoms with Crippen molar-refractivity contribution in [3.63, 3.8) is 0 Å². The number of aliphatic carboxylic acids is 1. The second kappa shape index (κ2) is 6.95. The van der Waals surface area contributed by atoms with Crippen molar-refractivity contribution in [1.29, 1.82) is 0 Å². The molecule has 0 saturated carbocycles. The number of thioether (sulfide) groups is 1. The van der Waals surface area contributed by atoms with E-state index in [9.17, 15) is 4.79 Å². The van der Waals surface area contributed by atoms with Crippen molar-refractivity contribution in [2.75, 3.05) is 5.75 Å². The average molecular weight is 355 g/mol. The number of hydrogen-bond acceptors (Lipinski definition) is 3. The van der Waals surface area contributed by atoms with Crippen LogP contribution in [0.3, 0.4) is 0 Å². The van der Waals surface area contributed by atoms with Gasteiger partial charge in [0.05, 0.1) is 23.0 Å². The fourth-order valence-corrected chi connectivity index (χ4v) is 2.93. The van der Waals surface area contributed by atoms with Crippen molar-refractivity contribution in [3.8, 4) is 0 Å². The van der Waals surface area contributed by atoms with Gasteiger partial charge in [-0.25, -0.2) is 0 Å². The molecule has 6 heteroatoms. The van der Waals surface area contributed by atoms with E-state index in [1.807, 2.05) is 41.9 Å². The molecule has 0 amide bonds. The van der Waals surface area contributed by atoms with Crippen LogP contribution in [0.4, 0.5) is 0 Å². The van der Waals surface area contributed by atoms with Gasteiger partial charge < -0.3 is 5.11 Å². The molecule has 0 unspecified atom stereocenters. The molecule has 1 aromatic carbocycles. The van der Waals surface area contributed by atoms with Crippen molar-refractivity contribution >= 4 is 33.7 Å². The highest BCUT2D eigenvalue weighted by atomic mass is 79.9. The molecular formula is C14H15BrN2O2S. The highest BCUT2D eigenvalue weighted by Crippen LogP contribution is 2.23. The van der Waals surface area contributed by atoms with Crippen LogP contribution in [0, 0.1) is 0 Å². The van der Waals surface area contributed by atoms with Crippen LogP contribution in [0.5, 0.6) is 0 Å². The maximum Gasteiger partial charge on any atom is 0.313 e. The van der Waals surface area contributed by atoms with Gasteiger partial charge in [-0.3, -0.25) is 9.48 Å². The third-order valence-corrected chi connectivity index (χ3v) is 4.57. The fraction of sp³-hybridized carbons (Fsp3) is 0.286. The summed E-state index contributed by atoms with van der Waals surface area (Å²) in [6, 6.07) is 9.93. The molecule has 20 heavy (non-hydrogen) atoms. The number of benzene rings is 1. The first kappa shape index (κ1) is 15.1. The summed E-state index contributed by atoms with van der Waals surface area (Å²) in [7, 11) is 0. The van der Waals surface area contributed by atoms with E-state index < -0.39 is 5.97 Å². The lowest BCUT2D eigenvalue weighted by molar-refractivity contribution is -0.133. The smallest absolute Gasteiger partial charge is 0.313 e. The summed E-state index contributed by atoms with van der Waals surface area (Å²) < 4.78 is 2.90. The Labute approximate surface area is 130 Å². The molecule has 0 radical (unpaired) electrons. The maximum absolute atomic E-state index is 10.7. The molecule has 1 heterocycles. The summed E-state index contributed by atoms with van der Waals surface area (Å²) in [5, 5.41) is 14.2. The molecule has 1 aromatic heterocycles. The molecular weight excluding hydrogens is 340 g/mol. The van der Waals surface area contributed by atoms with Crippen LogP contribution in [0.2, 0.25) is 0 Å². The van der Waals surface area contributed by atoms with Gasteiger partial charge >= 0.3 is 5.97 Å². The Kier molecular flexibility index (Phi) is 5.25. The number of aromatic nitrogens is 2. The Hall–Kier alpha value is -1.27. The van der Waals surface area contributed by atoms with Gasteiger partial charge in [-0.05, 0) is 24.1 Å². The Morgan fingerprint density at radius 2 is 2.20 bits per heavy atom. The Bertz CT molecular complexity index is 613. The molecule has 0 aliphatic rings. The first-order valence-electron chi connectivity index (χ1n) is 6.25. The Balaban J connectivity index is 2.23. The molecule has 0 spiro atoms. The molecule has 0 saturated heterocycles. The van der Waals surface area contributed by atoms with Gasteiger partial charge in [-0.2, -0.15) is 5.10 Å². The van der Waals surface area contributed by atoms with Gasteiger partial charge in [0.1, 0.15) is 0 Å². The lowest BCUT2D eigenvalue weighted by Crippen LogP contribution is -2.06. The summed E-state index contributed by atoms with van der Waals surface area (Å²) in [5.74, 6) is -0.771. The zero-order valence-corrected chi connectivity index (χ0v) is 13.4. The van der Waals surface area contributed by atoms with E-state index in [0.717, 1.165) is 27.2 Å². The molecule has 0 bridgehead atoms. The largest absolute Gasteiger partial charge is 0.481 e. The Morgan fingerprint density at radius 1 is 1.45 bits per heavy atom. The third-order valence-electron chi connectivity index (χ3n) is 2.78. The molecule has 0 fully saturated rings. The normalized spacial score (nSPS) is 10.7. The Morgan fingerprint density at radius 3 is 2.85 bits per heavy atom. The van der Waals surface area contributed by atoms with Crippen LogP contribution in [0.25, 0.3) is 0 Å². The second-order valence-corrected chi connectivity index (χ2v) is 6.11. The van der Waals surface area contributed by atoms with Crippen LogP contribution in [-0.4, -0.2) is 26.6 Å². The van der Waals surface area contributed by atoms with Crippen molar-refractivity contribution in [2.24, 2.45) is 0 Å². The van der Waals surface area contributed by atoms with Crippen molar-refractivity contribution in [3.05, 3.63) is 46.1 Å². The van der Waals surface area contributed by atoms with Crippen LogP contribution in [0.1, 0.15) is 18.2 Å². The van der Waals surface area contributed by atoms with E-state index in [1.165, 1.54) is 11.8 Å². The summed E-state index contributed by atoms with van der Waals surface area (Å²) in [4.78, 5) is 10.7. The van der Waals surface area contributed by atoms with E-state index >= 15 is 0 Å². The van der Waals surface area contributed by atoms with Gasteiger partial charge in [0, 0.05) is 4.47 Å². The van der Waals surface area contributed by atoms with E-state index in [2.05, 4.69) is 21.0 Å². The van der Waals surface area contributed by atoms with Crippen LogP contribution < -0.4 is 0 Å². The summed E-state index contributed by atoms with van der Waals surface area (Å²) >= 11 is 4.82. The van der Waals surface area contributed by atoms with Crippen LogP contribution in [0.15, 0.2) is 39.8 Å². The van der Waals surface area contributed by atoms with E-state index in [-0.39, 0.29) is 5.75 Å². The van der Waals surface area contributed by atoms with Gasteiger partial charge in [0.25, 0.3) is 0 Å². The van der Waals surface area contributed by atoms with E-state index in [1.54, 1.807) is 0 Å². The number of aryl methyl sites for hydroxylation is 1. The van der Waals surface area contributed by atoms with Gasteiger partial charge in [-0.15, -0.1) is 0 Å². The molecule has 0 aliphatic heterocycles. The summed E-state index contributed by atoms with van der Waals surface area (Å²) in [5.41, 5.74) is 2.10. The van der Waals surface area contributed by atoms with Crippen molar-refractivity contribution in [1.82, 2.24) is 9.78 Å². The van der Waals surface area contributed by atoms with Gasteiger partial charge in [0.2, 0.25) is 0 Å². The highest BCUT2D eigenvalue weighted by molar-refractivity contribution is 9.10. The molecule has 4 nitrogen and oxygen atoms in total. The molecule has 0 atom stereocenters. The minimum atomic E-state index is -0.818. The van der Waals surface area contributed by atoms with Crippen molar-refractivity contribution in [2.45, 2.75) is 24.9 Å². The first-order valence-corrected chi connectivity index (χ1v) is 8.02. The van der Waals surface area contributed by atoms with E-state index in [4.69, 9.17) is 5.11 Å². The lowest BCUT2D eigenvalue weighted by atomic mass is 10.2. The van der Waals surface area contributed by atoms with E-state index in [0.29, 0.717) is 6.54 Å². The monoisotopic (exact) mass is 354 g/mol. The number of nitrogens with zero attached hydrogens (tertiary/aromatic N) is 2. The number of carboxylic acid groups (broad SMARTS) is 1. The van der Waals surface area contributed by atoms with Gasteiger partial charge in [-0.1, -0.05) is 52.8 Å². The quantitative estimate of drug-likeness (QED) is 0.807. The minimum absolute atomic E-state index is 0.0464. The molecule has 0 aliphatic carbocycles. The number of carbonyl (C=O) groups is 1. The first-order chi connectivity index (χ1) is 9.60. The van der Waals surface area contributed by atoms with Crippen LogP contribution in [-0.2, 0) is 17.8 Å². The lowest BCUT2D eigenvalue weighted by Gasteiger charge is -2.08. The highest BCUT2D eigenvalue weighted by Gasteiger charge is 2.11. The number of carboxylic acids is 1. The standard InChI is InChI=1S/C14H15BrN2O2S/c1-2-11-7-13(20-9-14(18)19)17(16-11)8-10-5-3-4-6-12(10)15/h3-7H,2,8-9H2,1H3,(H,18,19). The molecule has 2 rings (SSSR count). The summed E-state index contributed by atoms with van der Waals surface area (Å²) in [6.45, 7) is 2.67. The number of rotatable bonds is 6. The minimum Gasteiger partial charge on any atom is -0.481 e. The third kappa shape index (κ3) is 3.86. The second-order valence-electron chi connectivity index (χ2n) is 4.26.